The molecule has 3 rings (SSSR count). The number of rotatable bonds is 5. The maximum absolute atomic E-state index is 12.2. The van der Waals surface area contributed by atoms with Gasteiger partial charge in [0.25, 0.3) is 5.69 Å². The van der Waals surface area contributed by atoms with Gasteiger partial charge in [-0.15, -0.1) is 0 Å². The quantitative estimate of drug-likeness (QED) is 0.259. The van der Waals surface area contributed by atoms with Gasteiger partial charge < -0.3 is 29.5 Å². The number of hydrogen-bond donors (Lipinski definition) is 3. The largest absolute Gasteiger partial charge is 0.466 e. The molecule has 0 radical (unpaired) electrons. The molecule has 0 amide bonds. The van der Waals surface area contributed by atoms with E-state index >= 15 is 0 Å². The van der Waals surface area contributed by atoms with Crippen LogP contribution in [0.1, 0.15) is 18.8 Å². The van der Waals surface area contributed by atoms with Crippen molar-refractivity contribution in [3.8, 4) is 0 Å². The highest BCUT2D eigenvalue weighted by molar-refractivity contribution is 5.92. The molecular weight excluding hydrogens is 390 g/mol. The van der Waals surface area contributed by atoms with Gasteiger partial charge in [0.1, 0.15) is 18.0 Å². The summed E-state index contributed by atoms with van der Waals surface area (Å²) in [6.45, 7) is 1.22. The molecule has 6 atom stereocenters. The summed E-state index contributed by atoms with van der Waals surface area (Å²) in [5.41, 5.74) is -2.23. The van der Waals surface area contributed by atoms with E-state index in [1.54, 1.807) is 0 Å². The van der Waals surface area contributed by atoms with Gasteiger partial charge in [0.05, 0.1) is 29.6 Å². The van der Waals surface area contributed by atoms with Gasteiger partial charge in [0, 0.05) is 23.6 Å². The molecule has 0 saturated heterocycles. The molecule has 1 heterocycles. The number of carbonyl (C=O) groups excluding carboxylic acids is 2. The van der Waals surface area contributed by atoms with Crippen molar-refractivity contribution in [3.05, 3.63) is 51.8 Å². The summed E-state index contributed by atoms with van der Waals surface area (Å²) >= 11 is 0. The number of nitro benzene ring substituents is 1. The van der Waals surface area contributed by atoms with E-state index in [1.165, 1.54) is 19.1 Å². The van der Waals surface area contributed by atoms with Crippen LogP contribution >= 0.6 is 0 Å². The summed E-state index contributed by atoms with van der Waals surface area (Å²) in [6.07, 6.45) is -3.85. The molecule has 1 fully saturated rings. The SMILES string of the molecule is COC(=O)C1=COC(=O)[C@H]2[C@@H]1[C@H](O)[C@H](OC(O)c1ccc([N+](=O)[O-])cc1)[C@]2(C)O. The number of benzene rings is 1. The van der Waals surface area contributed by atoms with E-state index in [2.05, 4.69) is 4.74 Å². The molecule has 11 heteroatoms. The first-order chi connectivity index (χ1) is 13.6. The first kappa shape index (κ1) is 20.9. The summed E-state index contributed by atoms with van der Waals surface area (Å²) in [5, 5.41) is 42.7. The van der Waals surface area contributed by atoms with Gasteiger partial charge in [-0.05, 0) is 19.1 Å². The number of aliphatic hydroxyl groups is 3. The third kappa shape index (κ3) is 3.49. The fourth-order valence-electron chi connectivity index (χ4n) is 3.79. The number of hydrogen-bond acceptors (Lipinski definition) is 10. The molecule has 1 aromatic rings. The predicted molar refractivity (Wildman–Crippen MR) is 92.7 cm³/mol. The summed E-state index contributed by atoms with van der Waals surface area (Å²) in [4.78, 5) is 34.3. The number of aliphatic hydroxyl groups excluding tert-OH is 2. The number of carbonyl (C=O) groups is 2. The minimum atomic E-state index is -2.00. The lowest BCUT2D eigenvalue weighted by Gasteiger charge is -2.32. The van der Waals surface area contributed by atoms with Gasteiger partial charge in [-0.25, -0.2) is 4.79 Å². The molecule has 0 aromatic heterocycles. The van der Waals surface area contributed by atoms with E-state index in [-0.39, 0.29) is 16.8 Å². The number of ether oxygens (including phenoxy) is 3. The number of cyclic esters (lactones) is 1. The number of methoxy groups -OCH3 is 1. The zero-order valence-electron chi connectivity index (χ0n) is 15.4. The Morgan fingerprint density at radius 1 is 1.34 bits per heavy atom. The van der Waals surface area contributed by atoms with Gasteiger partial charge >= 0.3 is 11.9 Å². The monoisotopic (exact) mass is 409 g/mol. The van der Waals surface area contributed by atoms with Gasteiger partial charge in [0.15, 0.2) is 6.29 Å². The third-order valence-corrected chi connectivity index (χ3v) is 5.24. The molecular formula is C18H19NO10. The molecule has 29 heavy (non-hydrogen) atoms. The lowest BCUT2D eigenvalue weighted by Crippen LogP contribution is -2.48. The Morgan fingerprint density at radius 3 is 2.52 bits per heavy atom. The highest BCUT2D eigenvalue weighted by Crippen LogP contribution is 2.49. The zero-order valence-corrected chi connectivity index (χ0v) is 15.4. The van der Waals surface area contributed by atoms with Crippen LogP contribution in [0.25, 0.3) is 0 Å². The molecule has 1 unspecified atom stereocenters. The van der Waals surface area contributed by atoms with E-state index in [9.17, 15) is 35.0 Å². The van der Waals surface area contributed by atoms with Crippen molar-refractivity contribution in [2.24, 2.45) is 11.8 Å². The fourth-order valence-corrected chi connectivity index (χ4v) is 3.79. The Kier molecular flexibility index (Phi) is 5.41. The first-order valence-electron chi connectivity index (χ1n) is 8.56. The molecule has 1 saturated carbocycles. The summed E-state index contributed by atoms with van der Waals surface area (Å²) < 4.78 is 14.9. The Morgan fingerprint density at radius 2 is 1.97 bits per heavy atom. The lowest BCUT2D eigenvalue weighted by atomic mass is 9.81. The minimum absolute atomic E-state index is 0.125. The fraction of sp³-hybridized carbons (Fsp3) is 0.444. The summed E-state index contributed by atoms with van der Waals surface area (Å²) in [6, 6.07) is 4.81. The molecule has 0 bridgehead atoms. The van der Waals surface area contributed by atoms with Crippen LogP contribution in [0.5, 0.6) is 0 Å². The minimum Gasteiger partial charge on any atom is -0.466 e. The Bertz CT molecular complexity index is 862. The Balaban J connectivity index is 1.88. The normalized spacial score (nSPS) is 32.0. The average molecular weight is 409 g/mol. The van der Waals surface area contributed by atoms with Crippen LogP contribution < -0.4 is 0 Å². The smallest absolute Gasteiger partial charge is 0.337 e. The van der Waals surface area contributed by atoms with Crippen LogP contribution in [0.3, 0.4) is 0 Å². The zero-order chi connectivity index (χ0) is 21.5. The van der Waals surface area contributed by atoms with E-state index < -0.39 is 52.8 Å². The van der Waals surface area contributed by atoms with Crippen LogP contribution in [0.15, 0.2) is 36.1 Å². The lowest BCUT2D eigenvalue weighted by molar-refractivity contribution is -0.384. The molecule has 0 spiro atoms. The standard InChI is InChI=1S/C18H19NO10/c1-18(24)12-11(10(16(22)27-2)7-28-17(12)23)13(20)14(18)29-15(21)8-3-5-9(6-4-8)19(25)26/h3-7,11-15,20-21,24H,1-2H3/t11-,12-,13+,14+,15?,18-/m1/s1. The van der Waals surface area contributed by atoms with Crippen molar-refractivity contribution in [1.29, 1.82) is 0 Å². The van der Waals surface area contributed by atoms with Crippen LogP contribution in [0, 0.1) is 22.0 Å². The highest BCUT2D eigenvalue weighted by Gasteiger charge is 2.64. The number of esters is 2. The highest BCUT2D eigenvalue weighted by atomic mass is 16.6. The summed E-state index contributed by atoms with van der Waals surface area (Å²) in [5.74, 6) is -4.24. The molecule has 1 aliphatic heterocycles. The van der Waals surface area contributed by atoms with Crippen LogP contribution in [-0.2, 0) is 23.8 Å². The van der Waals surface area contributed by atoms with Gasteiger partial charge in [-0.3, -0.25) is 14.9 Å². The molecule has 3 N–H and O–H groups in total. The first-order valence-corrected chi connectivity index (χ1v) is 8.56. The number of nitrogens with zero attached hydrogens (tertiary/aromatic N) is 1. The van der Waals surface area contributed by atoms with Crippen molar-refractivity contribution in [2.45, 2.75) is 31.0 Å². The van der Waals surface area contributed by atoms with E-state index in [4.69, 9.17) is 9.47 Å². The van der Waals surface area contributed by atoms with Gasteiger partial charge in [0.2, 0.25) is 0 Å². The Hall–Kier alpha value is -2.86. The maximum Gasteiger partial charge on any atom is 0.337 e. The number of nitro groups is 1. The summed E-state index contributed by atoms with van der Waals surface area (Å²) in [7, 11) is 1.11. The molecule has 1 aliphatic carbocycles. The molecule has 2 aliphatic rings. The molecule has 1 aromatic carbocycles. The van der Waals surface area contributed by atoms with Crippen LogP contribution in [0.2, 0.25) is 0 Å². The van der Waals surface area contributed by atoms with E-state index in [0.717, 1.165) is 25.5 Å². The van der Waals surface area contributed by atoms with Crippen LogP contribution in [0.4, 0.5) is 5.69 Å². The van der Waals surface area contributed by atoms with E-state index in [0.29, 0.717) is 0 Å². The number of fused-ring (bicyclic) bond motifs is 1. The van der Waals surface area contributed by atoms with Crippen molar-refractivity contribution in [3.63, 3.8) is 0 Å². The topological polar surface area (TPSA) is 166 Å². The average Bonchev–Trinajstić information content (AvgIpc) is 2.89. The number of non-ortho nitro benzene ring substituents is 1. The van der Waals surface area contributed by atoms with Crippen molar-refractivity contribution in [1.82, 2.24) is 0 Å². The molecule has 11 nitrogen and oxygen atoms in total. The third-order valence-electron chi connectivity index (χ3n) is 5.24. The van der Waals surface area contributed by atoms with Gasteiger partial charge in [-0.1, -0.05) is 0 Å². The van der Waals surface area contributed by atoms with Crippen LogP contribution in [-0.4, -0.2) is 57.1 Å². The second-order valence-corrected chi connectivity index (χ2v) is 6.98. The van der Waals surface area contributed by atoms with Crippen molar-refractivity contribution in [2.75, 3.05) is 7.11 Å². The second kappa shape index (κ2) is 7.52. The second-order valence-electron chi connectivity index (χ2n) is 6.98. The van der Waals surface area contributed by atoms with E-state index in [1.807, 2.05) is 0 Å². The molecule has 156 valence electrons. The maximum atomic E-state index is 12.2. The Labute approximate surface area is 164 Å². The van der Waals surface area contributed by atoms with Crippen molar-refractivity contribution >= 4 is 17.6 Å². The van der Waals surface area contributed by atoms with Gasteiger partial charge in [-0.2, -0.15) is 0 Å². The van der Waals surface area contributed by atoms with Crippen molar-refractivity contribution < 1.29 is 44.0 Å². The predicted octanol–water partition coefficient (Wildman–Crippen LogP) is -0.0575.